The van der Waals surface area contributed by atoms with Crippen molar-refractivity contribution in [1.29, 1.82) is 0 Å². The van der Waals surface area contributed by atoms with E-state index >= 15 is 0 Å². The number of piperidine rings is 1. The Bertz CT molecular complexity index is 342. The number of hydrogen-bond acceptors (Lipinski definition) is 2. The van der Waals surface area contributed by atoms with Crippen molar-refractivity contribution in [2.45, 2.75) is 19.8 Å². The maximum Gasteiger partial charge on any atom is 0.407 e. The molecule has 1 atom stereocenters. The smallest absolute Gasteiger partial charge is 0.407 e. The van der Waals surface area contributed by atoms with Crippen LogP contribution < -0.4 is 0 Å². The van der Waals surface area contributed by atoms with Gasteiger partial charge in [-0.3, -0.25) is 0 Å². The van der Waals surface area contributed by atoms with Gasteiger partial charge in [0.1, 0.15) is 10.8 Å². The molecule has 0 spiro atoms. The fourth-order valence-corrected chi connectivity index (χ4v) is 2.03. The Balaban J connectivity index is 2.64. The molecule has 0 bridgehead atoms. The second-order valence-corrected chi connectivity index (χ2v) is 4.88. The van der Waals surface area contributed by atoms with E-state index in [2.05, 4.69) is 4.99 Å². The molecule has 1 aliphatic rings. The van der Waals surface area contributed by atoms with Gasteiger partial charge in [-0.2, -0.15) is 0 Å². The van der Waals surface area contributed by atoms with Crippen LogP contribution in [0.5, 0.6) is 0 Å². The molecule has 0 radical (unpaired) electrons. The lowest BCUT2D eigenvalue weighted by Gasteiger charge is -2.30. The third-order valence-corrected chi connectivity index (χ3v) is 3.38. The molecule has 1 fully saturated rings. The Hall–Kier alpha value is -1.17. The van der Waals surface area contributed by atoms with E-state index in [9.17, 15) is 4.79 Å². The first kappa shape index (κ1) is 13.9. The predicted molar refractivity (Wildman–Crippen MR) is 71.7 cm³/mol. The molecule has 0 aliphatic carbocycles. The summed E-state index contributed by atoms with van der Waals surface area (Å²) in [5.41, 5.74) is 0. The molecule has 0 saturated carbocycles. The van der Waals surface area contributed by atoms with Crippen molar-refractivity contribution >= 4 is 29.1 Å². The minimum atomic E-state index is -0.870. The van der Waals surface area contributed by atoms with Crippen LogP contribution in [-0.4, -0.2) is 59.0 Å². The van der Waals surface area contributed by atoms with Crippen LogP contribution in [-0.2, 0) is 0 Å². The first-order valence-electron chi connectivity index (χ1n) is 5.66. The van der Waals surface area contributed by atoms with Gasteiger partial charge in [0, 0.05) is 33.1 Å². The maximum atomic E-state index is 10.9. The van der Waals surface area contributed by atoms with Crippen molar-refractivity contribution in [2.24, 2.45) is 10.9 Å². The summed E-state index contributed by atoms with van der Waals surface area (Å²) in [6.07, 6.45) is 0.909. The highest BCUT2D eigenvalue weighted by molar-refractivity contribution is 7.80. The Morgan fingerprint density at radius 3 is 2.71 bits per heavy atom. The zero-order valence-electron chi connectivity index (χ0n) is 10.5. The summed E-state index contributed by atoms with van der Waals surface area (Å²) in [4.78, 5) is 19.2. The van der Waals surface area contributed by atoms with Crippen molar-refractivity contribution in [3.63, 3.8) is 0 Å². The molecular formula is C11H19N3O2S. The zero-order chi connectivity index (χ0) is 13.0. The standard InChI is InChI=1S/C11H19N3O2S/c1-8(13(2)3)12-10(17)9-5-4-6-14(7-9)11(15)16/h9H,4-7H2,1-3H3,(H,15,16)/b12-8-. The second kappa shape index (κ2) is 5.95. The molecule has 17 heavy (non-hydrogen) atoms. The molecule has 0 aromatic carbocycles. The lowest BCUT2D eigenvalue weighted by atomic mass is 9.98. The van der Waals surface area contributed by atoms with Crippen molar-refractivity contribution < 1.29 is 9.90 Å². The Morgan fingerprint density at radius 2 is 2.18 bits per heavy atom. The lowest BCUT2D eigenvalue weighted by molar-refractivity contribution is 0.129. The number of aliphatic imine (C=N–C) groups is 1. The highest BCUT2D eigenvalue weighted by Crippen LogP contribution is 2.19. The molecule has 6 heteroatoms. The van der Waals surface area contributed by atoms with Gasteiger partial charge < -0.3 is 14.9 Å². The van der Waals surface area contributed by atoms with Crippen molar-refractivity contribution in [3.05, 3.63) is 0 Å². The molecule has 0 aromatic heterocycles. The molecular weight excluding hydrogens is 238 g/mol. The minimum Gasteiger partial charge on any atom is -0.465 e. The van der Waals surface area contributed by atoms with Crippen molar-refractivity contribution in [1.82, 2.24) is 9.80 Å². The minimum absolute atomic E-state index is 0.0738. The molecule has 1 N–H and O–H groups in total. The average Bonchev–Trinajstić information content (AvgIpc) is 2.28. The highest BCUT2D eigenvalue weighted by Gasteiger charge is 2.25. The molecule has 1 unspecified atom stereocenters. The lowest BCUT2D eigenvalue weighted by Crippen LogP contribution is -2.41. The van der Waals surface area contributed by atoms with Gasteiger partial charge in [-0.25, -0.2) is 9.79 Å². The third-order valence-electron chi connectivity index (χ3n) is 2.96. The summed E-state index contributed by atoms with van der Waals surface area (Å²) in [5, 5.41) is 8.95. The molecule has 1 saturated heterocycles. The number of amides is 1. The van der Waals surface area contributed by atoms with Gasteiger partial charge in [0.2, 0.25) is 0 Å². The topological polar surface area (TPSA) is 56.1 Å². The van der Waals surface area contributed by atoms with Gasteiger partial charge in [-0.15, -0.1) is 0 Å². The summed E-state index contributed by atoms with van der Waals surface area (Å²) >= 11 is 5.28. The number of likely N-dealkylation sites (tertiary alicyclic amines) is 1. The van der Waals surface area contributed by atoms with E-state index in [0.717, 1.165) is 18.7 Å². The molecule has 1 heterocycles. The SMILES string of the molecule is C/C(=N/C(=S)C1CCCN(C(=O)O)C1)N(C)C. The average molecular weight is 257 g/mol. The number of nitrogens with zero attached hydrogens (tertiary/aromatic N) is 3. The van der Waals surface area contributed by atoms with E-state index in [4.69, 9.17) is 17.3 Å². The van der Waals surface area contributed by atoms with Crippen LogP contribution in [0.3, 0.4) is 0 Å². The van der Waals surface area contributed by atoms with Gasteiger partial charge >= 0.3 is 6.09 Å². The Morgan fingerprint density at radius 1 is 1.53 bits per heavy atom. The predicted octanol–water partition coefficient (Wildman–Crippen LogP) is 1.68. The highest BCUT2D eigenvalue weighted by atomic mass is 32.1. The van der Waals surface area contributed by atoms with Gasteiger partial charge in [-0.05, 0) is 19.8 Å². The summed E-state index contributed by atoms with van der Waals surface area (Å²) < 4.78 is 0. The molecule has 1 aliphatic heterocycles. The summed E-state index contributed by atoms with van der Waals surface area (Å²) in [6.45, 7) is 2.97. The van der Waals surface area contributed by atoms with E-state index in [1.165, 1.54) is 4.90 Å². The molecule has 0 aromatic rings. The number of amidine groups is 1. The number of hydrogen-bond donors (Lipinski definition) is 1. The normalized spacial score (nSPS) is 21.2. The van der Waals surface area contributed by atoms with Crippen molar-refractivity contribution in [2.75, 3.05) is 27.2 Å². The number of rotatable bonds is 1. The van der Waals surface area contributed by atoms with Crippen LogP contribution in [0.15, 0.2) is 4.99 Å². The van der Waals surface area contributed by atoms with Gasteiger partial charge in [0.05, 0.1) is 0 Å². The van der Waals surface area contributed by atoms with Crippen LogP contribution in [0.4, 0.5) is 4.79 Å². The first-order chi connectivity index (χ1) is 7.91. The van der Waals surface area contributed by atoms with Gasteiger partial charge in [0.25, 0.3) is 0 Å². The third kappa shape index (κ3) is 3.96. The van der Waals surface area contributed by atoms with Gasteiger partial charge in [-0.1, -0.05) is 12.2 Å². The van der Waals surface area contributed by atoms with Crippen LogP contribution in [0.25, 0.3) is 0 Å². The number of carboxylic acid groups (broad SMARTS) is 1. The van der Waals surface area contributed by atoms with Crippen LogP contribution >= 0.6 is 12.2 Å². The Labute approximate surface area is 107 Å². The van der Waals surface area contributed by atoms with Crippen LogP contribution in [0.1, 0.15) is 19.8 Å². The van der Waals surface area contributed by atoms with Crippen LogP contribution in [0, 0.1) is 5.92 Å². The number of thiocarbonyl (C=S) groups is 1. The summed E-state index contributed by atoms with van der Waals surface area (Å²) in [6, 6.07) is 0. The molecule has 5 nitrogen and oxygen atoms in total. The van der Waals surface area contributed by atoms with Crippen molar-refractivity contribution in [3.8, 4) is 0 Å². The van der Waals surface area contributed by atoms with E-state index < -0.39 is 6.09 Å². The molecule has 96 valence electrons. The second-order valence-electron chi connectivity index (χ2n) is 4.46. The van der Waals surface area contributed by atoms with E-state index in [-0.39, 0.29) is 5.92 Å². The van der Waals surface area contributed by atoms with E-state index in [1.54, 1.807) is 0 Å². The maximum absolute atomic E-state index is 10.9. The monoisotopic (exact) mass is 257 g/mol. The van der Waals surface area contributed by atoms with Gasteiger partial charge in [0.15, 0.2) is 0 Å². The molecule has 1 amide bonds. The Kier molecular flexibility index (Phi) is 4.86. The zero-order valence-corrected chi connectivity index (χ0v) is 11.3. The summed E-state index contributed by atoms with van der Waals surface area (Å²) in [7, 11) is 3.82. The molecule has 1 rings (SSSR count). The van der Waals surface area contributed by atoms with E-state index in [1.807, 2.05) is 25.9 Å². The first-order valence-corrected chi connectivity index (χ1v) is 6.07. The largest absolute Gasteiger partial charge is 0.465 e. The summed E-state index contributed by atoms with van der Waals surface area (Å²) in [5.74, 6) is 0.923. The fraction of sp³-hybridized carbons (Fsp3) is 0.727. The van der Waals surface area contributed by atoms with E-state index in [0.29, 0.717) is 18.1 Å². The van der Waals surface area contributed by atoms with Crippen LogP contribution in [0.2, 0.25) is 0 Å². The fourth-order valence-electron chi connectivity index (χ4n) is 1.70. The quantitative estimate of drug-likeness (QED) is 0.441. The number of carbonyl (C=O) groups is 1.